The van der Waals surface area contributed by atoms with Gasteiger partial charge in [0.25, 0.3) is 15.0 Å². The topological polar surface area (TPSA) is 54.5 Å². The van der Waals surface area contributed by atoms with Crippen molar-refractivity contribution in [2.24, 2.45) is 0 Å². The molecule has 0 N–H and O–H groups in total. The van der Waals surface area contributed by atoms with Crippen LogP contribution in [0.1, 0.15) is 35.7 Å². The first-order valence-corrected chi connectivity index (χ1v) is 8.96. The van der Waals surface area contributed by atoms with Crippen LogP contribution in [0.2, 0.25) is 5.02 Å². The molecular formula is C13H15Cl2NO3S. The number of rotatable bonds is 2. The van der Waals surface area contributed by atoms with Gasteiger partial charge in [-0.3, -0.25) is 4.79 Å². The van der Waals surface area contributed by atoms with Crippen molar-refractivity contribution < 1.29 is 13.2 Å². The van der Waals surface area contributed by atoms with Crippen molar-refractivity contribution >= 4 is 37.2 Å². The lowest BCUT2D eigenvalue weighted by Crippen LogP contribution is -2.34. The van der Waals surface area contributed by atoms with Gasteiger partial charge in [-0.1, -0.05) is 11.6 Å². The second-order valence-electron chi connectivity index (χ2n) is 5.01. The predicted molar refractivity (Wildman–Crippen MR) is 79.0 cm³/mol. The van der Waals surface area contributed by atoms with Gasteiger partial charge < -0.3 is 4.90 Å². The minimum atomic E-state index is -3.92. The minimum Gasteiger partial charge on any atom is -0.336 e. The van der Waals surface area contributed by atoms with Gasteiger partial charge >= 0.3 is 0 Å². The number of hydrogen-bond donors (Lipinski definition) is 0. The summed E-state index contributed by atoms with van der Waals surface area (Å²) in [5.41, 5.74) is 0.866. The minimum absolute atomic E-state index is 0.148. The summed E-state index contributed by atoms with van der Waals surface area (Å²) in [6.07, 6.45) is 1.90. The van der Waals surface area contributed by atoms with Crippen molar-refractivity contribution in [2.75, 3.05) is 6.54 Å². The Morgan fingerprint density at radius 2 is 2.05 bits per heavy atom. The Labute approximate surface area is 128 Å². The summed E-state index contributed by atoms with van der Waals surface area (Å²) in [5.74, 6) is -0.198. The van der Waals surface area contributed by atoms with Crippen LogP contribution in [-0.2, 0) is 9.05 Å². The normalized spacial score (nSPS) is 19.4. The molecule has 7 heteroatoms. The van der Waals surface area contributed by atoms with Crippen LogP contribution in [0.15, 0.2) is 17.0 Å². The van der Waals surface area contributed by atoms with E-state index in [2.05, 4.69) is 0 Å². The molecule has 0 spiro atoms. The summed E-state index contributed by atoms with van der Waals surface area (Å²) in [5, 5.41) is 0.224. The highest BCUT2D eigenvalue weighted by molar-refractivity contribution is 8.13. The van der Waals surface area contributed by atoms with Gasteiger partial charge in [0, 0.05) is 33.9 Å². The van der Waals surface area contributed by atoms with Crippen LogP contribution in [0.5, 0.6) is 0 Å². The zero-order chi connectivity index (χ0) is 15.1. The Morgan fingerprint density at radius 3 is 2.55 bits per heavy atom. The van der Waals surface area contributed by atoms with Gasteiger partial charge in [0.15, 0.2) is 0 Å². The molecule has 0 aliphatic carbocycles. The average molecular weight is 336 g/mol. The molecule has 1 atom stereocenters. The summed E-state index contributed by atoms with van der Waals surface area (Å²) in [6.45, 7) is 4.35. The summed E-state index contributed by atoms with van der Waals surface area (Å²) >= 11 is 6.02. The van der Waals surface area contributed by atoms with Crippen LogP contribution < -0.4 is 0 Å². The Bertz CT molecular complexity index is 658. The second kappa shape index (κ2) is 5.54. The zero-order valence-corrected chi connectivity index (χ0v) is 13.5. The molecule has 2 rings (SSSR count). The molecule has 1 aliphatic heterocycles. The van der Waals surface area contributed by atoms with Gasteiger partial charge in [-0.05, 0) is 44.4 Å². The molecule has 0 radical (unpaired) electrons. The van der Waals surface area contributed by atoms with E-state index < -0.39 is 9.05 Å². The molecule has 1 aromatic carbocycles. The van der Waals surface area contributed by atoms with Crippen molar-refractivity contribution in [1.82, 2.24) is 4.90 Å². The smallest absolute Gasteiger partial charge is 0.261 e. The number of nitrogens with zero attached hydrogens (tertiary/aromatic N) is 1. The van der Waals surface area contributed by atoms with Crippen LogP contribution >= 0.6 is 22.3 Å². The molecule has 1 aliphatic rings. The lowest BCUT2D eigenvalue weighted by molar-refractivity contribution is 0.0746. The summed E-state index contributed by atoms with van der Waals surface area (Å²) in [4.78, 5) is 14.1. The lowest BCUT2D eigenvalue weighted by Gasteiger charge is -2.22. The Balaban J connectivity index is 2.50. The number of halogens is 2. The first kappa shape index (κ1) is 15.6. The largest absolute Gasteiger partial charge is 0.336 e. The molecule has 1 amide bonds. The Kier molecular flexibility index (Phi) is 4.33. The Morgan fingerprint density at radius 1 is 1.40 bits per heavy atom. The number of amides is 1. The first-order chi connectivity index (χ1) is 9.21. The summed E-state index contributed by atoms with van der Waals surface area (Å²) in [6, 6.07) is 2.72. The Hall–Kier alpha value is -0.780. The fraction of sp³-hybridized carbons (Fsp3) is 0.462. The van der Waals surface area contributed by atoms with E-state index in [0.29, 0.717) is 17.7 Å². The maximum Gasteiger partial charge on any atom is 0.261 e. The van der Waals surface area contributed by atoms with Crippen LogP contribution in [0, 0.1) is 6.92 Å². The fourth-order valence-electron chi connectivity index (χ4n) is 2.41. The maximum atomic E-state index is 12.5. The molecule has 20 heavy (non-hydrogen) atoms. The van der Waals surface area contributed by atoms with Crippen molar-refractivity contribution in [1.29, 1.82) is 0 Å². The third-order valence-corrected chi connectivity index (χ3v) is 5.37. The van der Waals surface area contributed by atoms with E-state index in [1.165, 1.54) is 12.1 Å². The van der Waals surface area contributed by atoms with Crippen LogP contribution in [0.25, 0.3) is 0 Å². The highest BCUT2D eigenvalue weighted by atomic mass is 35.7. The average Bonchev–Trinajstić information content (AvgIpc) is 2.76. The SMILES string of the molecule is Cc1c(Cl)cc(S(=O)(=O)Cl)cc1C(=O)N1CCCC1C. The molecule has 1 heterocycles. The predicted octanol–water partition coefficient (Wildman–Crippen LogP) is 3.20. The van der Waals surface area contributed by atoms with Gasteiger partial charge in [-0.15, -0.1) is 0 Å². The molecular weight excluding hydrogens is 321 g/mol. The van der Waals surface area contributed by atoms with Crippen molar-refractivity contribution in [3.05, 3.63) is 28.3 Å². The number of carbonyl (C=O) groups is 1. The van der Waals surface area contributed by atoms with E-state index in [0.717, 1.165) is 12.8 Å². The highest BCUT2D eigenvalue weighted by Gasteiger charge is 2.28. The number of hydrogen-bond acceptors (Lipinski definition) is 3. The molecule has 110 valence electrons. The summed E-state index contributed by atoms with van der Waals surface area (Å²) in [7, 11) is 1.42. The maximum absolute atomic E-state index is 12.5. The molecule has 4 nitrogen and oxygen atoms in total. The molecule has 0 bridgehead atoms. The van der Waals surface area contributed by atoms with Gasteiger partial charge in [0.1, 0.15) is 0 Å². The van der Waals surface area contributed by atoms with Crippen LogP contribution in [-0.4, -0.2) is 31.8 Å². The fourth-order valence-corrected chi connectivity index (χ4v) is 3.48. The van der Waals surface area contributed by atoms with Crippen LogP contribution in [0.4, 0.5) is 0 Å². The molecule has 0 saturated carbocycles. The van der Waals surface area contributed by atoms with Gasteiger partial charge in [0.05, 0.1) is 4.90 Å². The number of benzene rings is 1. The van der Waals surface area contributed by atoms with E-state index in [-0.39, 0.29) is 21.9 Å². The molecule has 1 unspecified atom stereocenters. The molecule has 1 fully saturated rings. The van der Waals surface area contributed by atoms with E-state index in [1.54, 1.807) is 11.8 Å². The summed E-state index contributed by atoms with van der Waals surface area (Å²) < 4.78 is 22.9. The van der Waals surface area contributed by atoms with E-state index in [1.807, 2.05) is 6.92 Å². The van der Waals surface area contributed by atoms with Crippen molar-refractivity contribution in [3.63, 3.8) is 0 Å². The number of carbonyl (C=O) groups excluding carboxylic acids is 1. The second-order valence-corrected chi connectivity index (χ2v) is 7.98. The standard InChI is InChI=1S/C13H15Cl2NO3S/c1-8-4-3-5-16(8)13(17)11-6-10(20(15,18)19)7-12(14)9(11)2/h6-8H,3-5H2,1-2H3. The van der Waals surface area contributed by atoms with Crippen molar-refractivity contribution in [2.45, 2.75) is 37.6 Å². The molecule has 1 aromatic rings. The molecule has 1 saturated heterocycles. The van der Waals surface area contributed by atoms with Crippen LogP contribution in [0.3, 0.4) is 0 Å². The van der Waals surface area contributed by atoms with Gasteiger partial charge in [-0.2, -0.15) is 0 Å². The van der Waals surface area contributed by atoms with E-state index in [4.69, 9.17) is 22.3 Å². The molecule has 0 aromatic heterocycles. The monoisotopic (exact) mass is 335 g/mol. The third-order valence-electron chi connectivity index (χ3n) is 3.64. The van der Waals surface area contributed by atoms with Crippen molar-refractivity contribution in [3.8, 4) is 0 Å². The zero-order valence-electron chi connectivity index (χ0n) is 11.2. The first-order valence-electron chi connectivity index (χ1n) is 6.27. The van der Waals surface area contributed by atoms with E-state index in [9.17, 15) is 13.2 Å². The lowest BCUT2D eigenvalue weighted by atomic mass is 10.1. The highest BCUT2D eigenvalue weighted by Crippen LogP contribution is 2.29. The third kappa shape index (κ3) is 2.95. The van der Waals surface area contributed by atoms with Gasteiger partial charge in [-0.25, -0.2) is 8.42 Å². The van der Waals surface area contributed by atoms with Gasteiger partial charge in [0.2, 0.25) is 0 Å². The quantitative estimate of drug-likeness (QED) is 0.780. The number of likely N-dealkylation sites (tertiary alicyclic amines) is 1. The van der Waals surface area contributed by atoms with E-state index >= 15 is 0 Å².